The third-order valence-electron chi connectivity index (χ3n) is 2.47. The first kappa shape index (κ1) is 16.4. The topological polar surface area (TPSA) is 115 Å². The second-order valence-electron chi connectivity index (χ2n) is 3.89. The lowest BCUT2D eigenvalue weighted by Gasteiger charge is -2.08. The van der Waals surface area contributed by atoms with Crippen molar-refractivity contribution in [1.29, 1.82) is 0 Å². The zero-order valence-corrected chi connectivity index (χ0v) is 11.7. The van der Waals surface area contributed by atoms with Gasteiger partial charge in [-0.05, 0) is 6.92 Å². The van der Waals surface area contributed by atoms with E-state index in [9.17, 15) is 14.4 Å². The number of carboxylic acids is 1. The van der Waals surface area contributed by atoms with Crippen LogP contribution in [-0.4, -0.2) is 48.2 Å². The summed E-state index contributed by atoms with van der Waals surface area (Å²) >= 11 is 0. The molecule has 0 aromatic carbocycles. The van der Waals surface area contributed by atoms with E-state index in [-0.39, 0.29) is 36.6 Å². The van der Waals surface area contributed by atoms with Gasteiger partial charge in [0, 0.05) is 18.8 Å². The molecule has 0 saturated heterocycles. The normalized spacial score (nSPS) is 9.81. The van der Waals surface area contributed by atoms with Gasteiger partial charge in [-0.25, -0.2) is 9.78 Å². The fraction of sp³-hybridized carbons (Fsp3) is 0.385. The Labute approximate surface area is 121 Å². The highest BCUT2D eigenvalue weighted by atomic mass is 16.5. The molecule has 0 aliphatic rings. The van der Waals surface area contributed by atoms with Crippen LogP contribution in [-0.2, 0) is 9.53 Å². The molecule has 21 heavy (non-hydrogen) atoms. The van der Waals surface area contributed by atoms with Crippen LogP contribution in [0.15, 0.2) is 12.3 Å². The molecule has 8 nitrogen and oxygen atoms in total. The minimum atomic E-state index is -1.20. The summed E-state index contributed by atoms with van der Waals surface area (Å²) < 4.78 is 9.61. The highest BCUT2D eigenvalue weighted by molar-refractivity contribution is 5.95. The molecular formula is C13H16N2O6. The second-order valence-corrected chi connectivity index (χ2v) is 3.89. The summed E-state index contributed by atoms with van der Waals surface area (Å²) in [6.45, 7) is 2.07. The Morgan fingerprint density at radius 1 is 1.38 bits per heavy atom. The number of hydrogen-bond donors (Lipinski definition) is 2. The van der Waals surface area contributed by atoms with Gasteiger partial charge < -0.3 is 19.9 Å². The van der Waals surface area contributed by atoms with Gasteiger partial charge >= 0.3 is 11.9 Å². The predicted molar refractivity (Wildman–Crippen MR) is 71.3 cm³/mol. The fourth-order valence-corrected chi connectivity index (χ4v) is 1.49. The van der Waals surface area contributed by atoms with Crippen molar-refractivity contribution in [2.24, 2.45) is 0 Å². The first-order chi connectivity index (χ1) is 9.99. The van der Waals surface area contributed by atoms with E-state index in [1.54, 1.807) is 6.92 Å². The van der Waals surface area contributed by atoms with Crippen LogP contribution in [0.25, 0.3) is 0 Å². The predicted octanol–water partition coefficient (Wildman–Crippen LogP) is 0.471. The van der Waals surface area contributed by atoms with E-state index >= 15 is 0 Å². The summed E-state index contributed by atoms with van der Waals surface area (Å²) in [5.41, 5.74) is -0.138. The summed E-state index contributed by atoms with van der Waals surface area (Å²) in [4.78, 5) is 37.6. The van der Waals surface area contributed by atoms with Gasteiger partial charge in [0.25, 0.3) is 5.91 Å². The number of pyridine rings is 1. The summed E-state index contributed by atoms with van der Waals surface area (Å²) in [6.07, 6.45) is 1.09. The molecule has 0 unspecified atom stereocenters. The Morgan fingerprint density at radius 3 is 2.67 bits per heavy atom. The van der Waals surface area contributed by atoms with E-state index in [0.717, 1.165) is 6.20 Å². The standard InChI is InChI=1S/C13H16N2O6/c1-3-21-11(16)4-5-14-12(17)9-6-10(20-2)8(7-15-9)13(18)19/h6-7H,3-5H2,1-2H3,(H,14,17)(H,18,19). The maximum absolute atomic E-state index is 11.8. The number of amides is 1. The summed E-state index contributed by atoms with van der Waals surface area (Å²) in [6, 6.07) is 1.23. The second kappa shape index (κ2) is 7.83. The van der Waals surface area contributed by atoms with E-state index in [0.29, 0.717) is 0 Å². The van der Waals surface area contributed by atoms with Crippen LogP contribution in [0.4, 0.5) is 0 Å². The number of rotatable bonds is 7. The van der Waals surface area contributed by atoms with Gasteiger partial charge in [-0.3, -0.25) is 9.59 Å². The molecule has 0 spiro atoms. The number of nitrogens with one attached hydrogen (secondary N) is 1. The fourth-order valence-electron chi connectivity index (χ4n) is 1.49. The maximum atomic E-state index is 11.8. The van der Waals surface area contributed by atoms with Crippen molar-refractivity contribution >= 4 is 17.8 Å². The van der Waals surface area contributed by atoms with Gasteiger partial charge in [0.1, 0.15) is 17.0 Å². The molecule has 0 bridgehead atoms. The monoisotopic (exact) mass is 296 g/mol. The molecule has 0 radical (unpaired) electrons. The van der Waals surface area contributed by atoms with E-state index in [4.69, 9.17) is 14.6 Å². The number of hydrogen-bond acceptors (Lipinski definition) is 6. The first-order valence-electron chi connectivity index (χ1n) is 6.20. The number of methoxy groups -OCH3 is 1. The van der Waals surface area contributed by atoms with Crippen LogP contribution in [0, 0.1) is 0 Å². The molecule has 1 aromatic heterocycles. The molecule has 0 aliphatic heterocycles. The lowest BCUT2D eigenvalue weighted by atomic mass is 10.2. The van der Waals surface area contributed by atoms with Crippen molar-refractivity contribution in [2.75, 3.05) is 20.3 Å². The van der Waals surface area contributed by atoms with Gasteiger partial charge in [0.2, 0.25) is 0 Å². The molecule has 1 heterocycles. The number of carboxylic acid groups (broad SMARTS) is 1. The van der Waals surface area contributed by atoms with Crippen LogP contribution >= 0.6 is 0 Å². The van der Waals surface area contributed by atoms with Crippen molar-refractivity contribution in [3.05, 3.63) is 23.5 Å². The first-order valence-corrected chi connectivity index (χ1v) is 6.20. The summed E-state index contributed by atoms with van der Waals surface area (Å²) in [5, 5.41) is 11.4. The van der Waals surface area contributed by atoms with E-state index in [1.165, 1.54) is 13.2 Å². The Bertz CT molecular complexity index is 543. The summed E-state index contributed by atoms with van der Waals surface area (Å²) in [5.74, 6) is -2.11. The zero-order chi connectivity index (χ0) is 15.8. The Kier molecular flexibility index (Phi) is 6.12. The molecule has 0 atom stereocenters. The van der Waals surface area contributed by atoms with Gasteiger partial charge in [0.15, 0.2) is 0 Å². The van der Waals surface area contributed by atoms with E-state index < -0.39 is 17.8 Å². The van der Waals surface area contributed by atoms with E-state index in [2.05, 4.69) is 10.3 Å². The smallest absolute Gasteiger partial charge is 0.341 e. The number of aromatic carboxylic acids is 1. The minimum Gasteiger partial charge on any atom is -0.496 e. The molecule has 0 fully saturated rings. The number of nitrogens with zero attached hydrogens (tertiary/aromatic N) is 1. The molecule has 0 saturated carbocycles. The molecule has 1 rings (SSSR count). The third-order valence-corrected chi connectivity index (χ3v) is 2.47. The van der Waals surface area contributed by atoms with Crippen molar-refractivity contribution < 1.29 is 29.0 Å². The van der Waals surface area contributed by atoms with Crippen molar-refractivity contribution in [1.82, 2.24) is 10.3 Å². The molecule has 8 heteroatoms. The molecule has 1 amide bonds. The number of aromatic nitrogens is 1. The van der Waals surface area contributed by atoms with Crippen molar-refractivity contribution in [2.45, 2.75) is 13.3 Å². The molecular weight excluding hydrogens is 280 g/mol. The molecule has 114 valence electrons. The van der Waals surface area contributed by atoms with Crippen LogP contribution in [0.3, 0.4) is 0 Å². The number of esters is 1. The molecule has 1 aromatic rings. The average Bonchev–Trinajstić information content (AvgIpc) is 2.46. The lowest BCUT2D eigenvalue weighted by Crippen LogP contribution is -2.27. The zero-order valence-electron chi connectivity index (χ0n) is 11.7. The summed E-state index contributed by atoms with van der Waals surface area (Å²) in [7, 11) is 1.30. The molecule has 0 aliphatic carbocycles. The van der Waals surface area contributed by atoms with E-state index in [1.807, 2.05) is 0 Å². The molecule has 2 N–H and O–H groups in total. The van der Waals surface area contributed by atoms with Crippen LogP contribution in [0.1, 0.15) is 34.2 Å². The number of ether oxygens (including phenoxy) is 2. The quantitative estimate of drug-likeness (QED) is 0.703. The largest absolute Gasteiger partial charge is 0.496 e. The Morgan fingerprint density at radius 2 is 2.10 bits per heavy atom. The minimum absolute atomic E-state index is 0.000656. The SMILES string of the molecule is CCOC(=O)CCNC(=O)c1cc(OC)c(C(=O)O)cn1. The highest BCUT2D eigenvalue weighted by Crippen LogP contribution is 2.18. The van der Waals surface area contributed by atoms with Gasteiger partial charge in [0.05, 0.1) is 20.1 Å². The Balaban J connectivity index is 2.66. The van der Waals surface area contributed by atoms with Crippen molar-refractivity contribution in [3.8, 4) is 5.75 Å². The lowest BCUT2D eigenvalue weighted by molar-refractivity contribution is -0.142. The Hall–Kier alpha value is -2.64. The van der Waals surface area contributed by atoms with Crippen LogP contribution in [0.2, 0.25) is 0 Å². The third kappa shape index (κ3) is 4.75. The van der Waals surface area contributed by atoms with Gasteiger partial charge in [-0.2, -0.15) is 0 Å². The number of carbonyl (C=O) groups excluding carboxylic acids is 2. The van der Waals surface area contributed by atoms with Gasteiger partial charge in [-0.1, -0.05) is 0 Å². The van der Waals surface area contributed by atoms with Crippen LogP contribution < -0.4 is 10.1 Å². The maximum Gasteiger partial charge on any atom is 0.341 e. The average molecular weight is 296 g/mol. The van der Waals surface area contributed by atoms with Crippen molar-refractivity contribution in [3.63, 3.8) is 0 Å². The van der Waals surface area contributed by atoms with Crippen LogP contribution in [0.5, 0.6) is 5.75 Å². The number of carbonyl (C=O) groups is 3. The highest BCUT2D eigenvalue weighted by Gasteiger charge is 2.16. The van der Waals surface area contributed by atoms with Gasteiger partial charge in [-0.15, -0.1) is 0 Å².